The molecule has 0 saturated carbocycles. The smallest absolute Gasteiger partial charge is 0.257 e. The number of primary amides is 1. The normalized spacial score (nSPS) is 10.6. The number of carbonyl (C=O) groups excluding carboxylic acids is 2. The van der Waals surface area contributed by atoms with Gasteiger partial charge in [-0.15, -0.1) is 22.7 Å². The summed E-state index contributed by atoms with van der Waals surface area (Å²) in [4.78, 5) is 26.0. The van der Waals surface area contributed by atoms with Crippen LogP contribution in [0.4, 0.5) is 5.00 Å². The fourth-order valence-electron chi connectivity index (χ4n) is 2.00. The first kappa shape index (κ1) is 15.7. The summed E-state index contributed by atoms with van der Waals surface area (Å²) in [6.45, 7) is 5.97. The Morgan fingerprint density at radius 3 is 2.52 bits per heavy atom. The highest BCUT2D eigenvalue weighted by atomic mass is 32.1. The zero-order valence-corrected chi connectivity index (χ0v) is 13.9. The molecule has 4 nitrogen and oxygen atoms in total. The van der Waals surface area contributed by atoms with Crippen LogP contribution in [0, 0.1) is 13.8 Å². The molecule has 2 aromatic rings. The molecule has 3 N–H and O–H groups in total. The molecule has 21 heavy (non-hydrogen) atoms. The van der Waals surface area contributed by atoms with E-state index in [2.05, 4.69) is 12.2 Å². The third-order valence-electron chi connectivity index (χ3n) is 3.30. The van der Waals surface area contributed by atoms with Crippen molar-refractivity contribution < 1.29 is 9.59 Å². The molecule has 0 unspecified atom stereocenters. The van der Waals surface area contributed by atoms with Gasteiger partial charge in [0.2, 0.25) is 0 Å². The maximum absolute atomic E-state index is 12.3. The minimum atomic E-state index is -0.512. The molecular weight excluding hydrogens is 304 g/mol. The second kappa shape index (κ2) is 6.41. The van der Waals surface area contributed by atoms with Crippen LogP contribution in [0.2, 0.25) is 0 Å². The molecule has 0 saturated heterocycles. The molecule has 0 bridgehead atoms. The molecule has 0 radical (unpaired) electrons. The second-order valence-corrected chi connectivity index (χ2v) is 7.07. The van der Waals surface area contributed by atoms with Crippen molar-refractivity contribution in [3.05, 3.63) is 37.9 Å². The summed E-state index contributed by atoms with van der Waals surface area (Å²) in [7, 11) is 0. The van der Waals surface area contributed by atoms with Crippen molar-refractivity contribution in [3.63, 3.8) is 0 Å². The summed E-state index contributed by atoms with van der Waals surface area (Å²) in [6, 6.07) is 1.78. The summed E-state index contributed by atoms with van der Waals surface area (Å²) in [5.41, 5.74) is 7.41. The summed E-state index contributed by atoms with van der Waals surface area (Å²) in [5, 5.41) is 5.21. The van der Waals surface area contributed by atoms with Gasteiger partial charge in [0.25, 0.3) is 11.8 Å². The first-order valence-corrected chi connectivity index (χ1v) is 8.42. The zero-order chi connectivity index (χ0) is 15.6. The maximum atomic E-state index is 12.3. The quantitative estimate of drug-likeness (QED) is 0.880. The van der Waals surface area contributed by atoms with E-state index in [0.29, 0.717) is 16.1 Å². The van der Waals surface area contributed by atoms with E-state index in [0.717, 1.165) is 28.2 Å². The molecular formula is C15H18N2O2S2. The van der Waals surface area contributed by atoms with Gasteiger partial charge in [-0.25, -0.2) is 0 Å². The standard InChI is InChI=1S/C15H18N2O2S2/c1-4-5-10-6-11(13(16)18)15(21-10)17-14(19)12-7-20-9(3)8(12)2/h6-7H,4-5H2,1-3H3,(H2,16,18)(H,17,19). The molecule has 2 aromatic heterocycles. The van der Waals surface area contributed by atoms with Crippen LogP contribution >= 0.6 is 22.7 Å². The number of nitrogens with two attached hydrogens (primary N) is 1. The molecule has 0 fully saturated rings. The summed E-state index contributed by atoms with van der Waals surface area (Å²) >= 11 is 2.96. The van der Waals surface area contributed by atoms with E-state index in [1.165, 1.54) is 11.3 Å². The van der Waals surface area contributed by atoms with Gasteiger partial charge < -0.3 is 11.1 Å². The lowest BCUT2D eigenvalue weighted by Crippen LogP contribution is -2.16. The first-order valence-electron chi connectivity index (χ1n) is 6.72. The van der Waals surface area contributed by atoms with Gasteiger partial charge in [-0.2, -0.15) is 0 Å². The molecule has 2 heterocycles. The molecule has 6 heteroatoms. The van der Waals surface area contributed by atoms with Gasteiger partial charge in [-0.3, -0.25) is 9.59 Å². The predicted octanol–water partition coefficient (Wildman–Crippen LogP) is 3.73. The number of aryl methyl sites for hydroxylation is 2. The SMILES string of the molecule is CCCc1cc(C(N)=O)c(NC(=O)c2csc(C)c2C)s1. The highest BCUT2D eigenvalue weighted by Crippen LogP contribution is 2.30. The topological polar surface area (TPSA) is 72.2 Å². The van der Waals surface area contributed by atoms with Crippen molar-refractivity contribution in [2.24, 2.45) is 5.73 Å². The molecule has 0 aliphatic heterocycles. The Hall–Kier alpha value is -1.66. The predicted molar refractivity (Wildman–Crippen MR) is 88.6 cm³/mol. The number of hydrogen-bond donors (Lipinski definition) is 2. The Bertz CT molecular complexity index is 686. The molecule has 0 atom stereocenters. The first-order chi connectivity index (χ1) is 9.93. The summed E-state index contributed by atoms with van der Waals surface area (Å²) in [6.07, 6.45) is 1.85. The fraction of sp³-hybridized carbons (Fsp3) is 0.333. The molecule has 112 valence electrons. The number of rotatable bonds is 5. The largest absolute Gasteiger partial charge is 0.366 e. The van der Waals surface area contributed by atoms with E-state index in [4.69, 9.17) is 5.73 Å². The Morgan fingerprint density at radius 2 is 2.00 bits per heavy atom. The molecule has 0 spiro atoms. The number of nitrogens with one attached hydrogen (secondary N) is 1. The Kier molecular flexibility index (Phi) is 4.80. The van der Waals surface area contributed by atoms with Crippen molar-refractivity contribution in [1.29, 1.82) is 0 Å². The van der Waals surface area contributed by atoms with E-state index in [-0.39, 0.29) is 5.91 Å². The Balaban J connectivity index is 2.28. The molecule has 0 aliphatic rings. The number of carbonyl (C=O) groups is 2. The van der Waals surface area contributed by atoms with Crippen molar-refractivity contribution in [3.8, 4) is 0 Å². The number of thiophene rings is 2. The van der Waals surface area contributed by atoms with E-state index in [1.807, 2.05) is 19.2 Å². The van der Waals surface area contributed by atoms with Crippen molar-refractivity contribution in [1.82, 2.24) is 0 Å². The van der Waals surface area contributed by atoms with E-state index in [9.17, 15) is 9.59 Å². The average molecular weight is 322 g/mol. The minimum absolute atomic E-state index is 0.191. The monoisotopic (exact) mass is 322 g/mol. The van der Waals surface area contributed by atoms with Crippen LogP contribution in [-0.4, -0.2) is 11.8 Å². The fourth-order valence-corrected chi connectivity index (χ4v) is 4.02. The van der Waals surface area contributed by atoms with Crippen LogP contribution in [0.15, 0.2) is 11.4 Å². The third-order valence-corrected chi connectivity index (χ3v) is 5.43. The number of hydrogen-bond acceptors (Lipinski definition) is 4. The van der Waals surface area contributed by atoms with E-state index < -0.39 is 5.91 Å². The van der Waals surface area contributed by atoms with E-state index in [1.54, 1.807) is 17.4 Å². The van der Waals surface area contributed by atoms with Crippen LogP contribution in [0.3, 0.4) is 0 Å². The van der Waals surface area contributed by atoms with Crippen molar-refractivity contribution in [2.45, 2.75) is 33.6 Å². The van der Waals surface area contributed by atoms with Crippen molar-refractivity contribution in [2.75, 3.05) is 5.32 Å². The lowest BCUT2D eigenvalue weighted by molar-refractivity contribution is 0.100. The molecule has 0 aliphatic carbocycles. The van der Waals surface area contributed by atoms with Gasteiger partial charge in [0.05, 0.1) is 11.1 Å². The van der Waals surface area contributed by atoms with Gasteiger partial charge in [0.15, 0.2) is 0 Å². The van der Waals surface area contributed by atoms with Gasteiger partial charge in [0.1, 0.15) is 5.00 Å². The van der Waals surface area contributed by atoms with Gasteiger partial charge in [0, 0.05) is 15.1 Å². The summed E-state index contributed by atoms with van der Waals surface area (Å²) < 4.78 is 0. The highest BCUT2D eigenvalue weighted by molar-refractivity contribution is 7.16. The van der Waals surface area contributed by atoms with Gasteiger partial charge >= 0.3 is 0 Å². The molecule has 0 aromatic carbocycles. The molecule has 2 rings (SSSR count). The number of amides is 2. The molecule has 2 amide bonds. The van der Waals surface area contributed by atoms with Crippen molar-refractivity contribution >= 4 is 39.5 Å². The van der Waals surface area contributed by atoms with Crippen LogP contribution < -0.4 is 11.1 Å². The highest BCUT2D eigenvalue weighted by Gasteiger charge is 2.18. The van der Waals surface area contributed by atoms with Crippen LogP contribution in [0.25, 0.3) is 0 Å². The average Bonchev–Trinajstić information content (AvgIpc) is 2.95. The lowest BCUT2D eigenvalue weighted by atomic mass is 10.1. The minimum Gasteiger partial charge on any atom is -0.366 e. The van der Waals surface area contributed by atoms with Crippen LogP contribution in [-0.2, 0) is 6.42 Å². The Labute approximate surface area is 132 Å². The van der Waals surface area contributed by atoms with Crippen LogP contribution in [0.1, 0.15) is 49.4 Å². The van der Waals surface area contributed by atoms with Gasteiger partial charge in [-0.05, 0) is 31.9 Å². The summed E-state index contributed by atoms with van der Waals surface area (Å²) in [5.74, 6) is -0.702. The maximum Gasteiger partial charge on any atom is 0.257 e. The third kappa shape index (κ3) is 3.33. The van der Waals surface area contributed by atoms with Gasteiger partial charge in [-0.1, -0.05) is 13.3 Å². The zero-order valence-electron chi connectivity index (χ0n) is 12.3. The lowest BCUT2D eigenvalue weighted by Gasteiger charge is -2.04. The second-order valence-electron chi connectivity index (χ2n) is 4.85. The van der Waals surface area contributed by atoms with Crippen LogP contribution in [0.5, 0.6) is 0 Å². The number of anilines is 1. The van der Waals surface area contributed by atoms with E-state index >= 15 is 0 Å². The Morgan fingerprint density at radius 1 is 1.29 bits per heavy atom.